The van der Waals surface area contributed by atoms with Crippen LogP contribution in [0.15, 0.2) is 48.3 Å². The molecular formula is C20H22O3. The molecular weight excluding hydrogens is 288 g/mol. The van der Waals surface area contributed by atoms with Gasteiger partial charge >= 0.3 is 0 Å². The first-order valence-corrected chi connectivity index (χ1v) is 7.85. The summed E-state index contributed by atoms with van der Waals surface area (Å²) in [5.41, 5.74) is 1.94. The van der Waals surface area contributed by atoms with Gasteiger partial charge in [0.2, 0.25) is 0 Å². The van der Waals surface area contributed by atoms with Crippen LogP contribution in [0.2, 0.25) is 0 Å². The number of rotatable bonds is 2. The van der Waals surface area contributed by atoms with E-state index in [-0.39, 0.29) is 11.5 Å². The van der Waals surface area contributed by atoms with Crippen LogP contribution in [0.5, 0.6) is 5.75 Å². The van der Waals surface area contributed by atoms with Crippen molar-refractivity contribution in [2.75, 3.05) is 7.11 Å². The summed E-state index contributed by atoms with van der Waals surface area (Å²) >= 11 is 0. The second kappa shape index (κ2) is 4.85. The minimum absolute atomic E-state index is 0.0261. The van der Waals surface area contributed by atoms with E-state index in [0.29, 0.717) is 12.0 Å². The number of carbonyl (C=O) groups excluding carboxylic acids is 1. The Morgan fingerprint density at radius 1 is 1.30 bits per heavy atom. The van der Waals surface area contributed by atoms with Gasteiger partial charge in [-0.1, -0.05) is 25.6 Å². The Bertz CT molecular complexity index is 784. The third-order valence-electron chi connectivity index (χ3n) is 5.52. The number of ketones is 1. The van der Waals surface area contributed by atoms with E-state index in [9.17, 15) is 9.90 Å². The molecule has 2 atom stereocenters. The molecule has 23 heavy (non-hydrogen) atoms. The van der Waals surface area contributed by atoms with Crippen LogP contribution in [0.3, 0.4) is 0 Å². The lowest BCUT2D eigenvalue weighted by molar-refractivity contribution is -0.122. The van der Waals surface area contributed by atoms with E-state index in [4.69, 9.17) is 4.74 Å². The number of benzene rings is 1. The lowest BCUT2D eigenvalue weighted by Crippen LogP contribution is -2.44. The van der Waals surface area contributed by atoms with Crippen LogP contribution in [0.4, 0.5) is 0 Å². The summed E-state index contributed by atoms with van der Waals surface area (Å²) in [5, 5.41) is 10.9. The maximum Gasteiger partial charge on any atom is 0.165 e. The van der Waals surface area contributed by atoms with Crippen molar-refractivity contribution in [3.05, 3.63) is 59.4 Å². The average molecular weight is 310 g/mol. The molecule has 0 spiro atoms. The monoisotopic (exact) mass is 310 g/mol. The van der Waals surface area contributed by atoms with Crippen molar-refractivity contribution < 1.29 is 14.6 Å². The minimum atomic E-state index is -0.725. The number of hydrogen-bond acceptors (Lipinski definition) is 3. The van der Waals surface area contributed by atoms with E-state index < -0.39 is 10.8 Å². The Morgan fingerprint density at radius 3 is 2.61 bits per heavy atom. The Labute approximate surface area is 137 Å². The molecule has 1 aromatic carbocycles. The summed E-state index contributed by atoms with van der Waals surface area (Å²) < 4.78 is 5.37. The highest BCUT2D eigenvalue weighted by Crippen LogP contribution is 2.56. The van der Waals surface area contributed by atoms with Gasteiger partial charge in [-0.2, -0.15) is 0 Å². The van der Waals surface area contributed by atoms with Gasteiger partial charge in [0, 0.05) is 11.0 Å². The van der Waals surface area contributed by atoms with Gasteiger partial charge in [-0.15, -0.1) is 0 Å². The van der Waals surface area contributed by atoms with Crippen LogP contribution in [0.25, 0.3) is 5.57 Å². The lowest BCUT2D eigenvalue weighted by atomic mass is 9.55. The molecule has 2 aliphatic carbocycles. The minimum Gasteiger partial charge on any atom is -0.507 e. The number of allylic oxidation sites excluding steroid dienone is 4. The van der Waals surface area contributed by atoms with Crippen LogP contribution in [-0.2, 0) is 10.2 Å². The van der Waals surface area contributed by atoms with Gasteiger partial charge in [-0.25, -0.2) is 0 Å². The molecule has 1 aromatic rings. The molecule has 2 aliphatic rings. The first-order chi connectivity index (χ1) is 10.8. The molecule has 0 amide bonds. The summed E-state index contributed by atoms with van der Waals surface area (Å²) in [6.45, 7) is 9.97. The largest absolute Gasteiger partial charge is 0.507 e. The highest BCUT2D eigenvalue weighted by Gasteiger charge is 2.51. The first kappa shape index (κ1) is 15.6. The topological polar surface area (TPSA) is 46.5 Å². The zero-order valence-electron chi connectivity index (χ0n) is 14.1. The predicted octanol–water partition coefficient (Wildman–Crippen LogP) is 4.35. The summed E-state index contributed by atoms with van der Waals surface area (Å²) in [7, 11) is 1.63. The highest BCUT2D eigenvalue weighted by molar-refractivity contribution is 6.01. The fourth-order valence-corrected chi connectivity index (χ4v) is 3.91. The molecule has 3 rings (SSSR count). The van der Waals surface area contributed by atoms with Gasteiger partial charge in [-0.05, 0) is 55.2 Å². The Morgan fingerprint density at radius 2 is 2.00 bits per heavy atom. The number of carbonyl (C=O) groups is 1. The Balaban J connectivity index is 2.39. The second-order valence-corrected chi connectivity index (χ2v) is 6.70. The lowest BCUT2D eigenvalue weighted by Gasteiger charge is -2.47. The second-order valence-electron chi connectivity index (χ2n) is 6.70. The van der Waals surface area contributed by atoms with Gasteiger partial charge in [0.25, 0.3) is 0 Å². The van der Waals surface area contributed by atoms with Gasteiger partial charge in [0.1, 0.15) is 11.5 Å². The van der Waals surface area contributed by atoms with Crippen LogP contribution < -0.4 is 4.74 Å². The first-order valence-electron chi connectivity index (χ1n) is 7.85. The average Bonchev–Trinajstić information content (AvgIpc) is 2.56. The molecule has 0 saturated heterocycles. The number of fused-ring (bicyclic) bond motifs is 3. The van der Waals surface area contributed by atoms with Crippen molar-refractivity contribution in [3.8, 4) is 5.75 Å². The van der Waals surface area contributed by atoms with Crippen molar-refractivity contribution in [2.24, 2.45) is 5.41 Å². The number of aliphatic hydroxyl groups is 1. The molecule has 0 bridgehead atoms. The third kappa shape index (κ3) is 1.86. The van der Waals surface area contributed by atoms with Crippen LogP contribution in [0, 0.1) is 5.41 Å². The summed E-state index contributed by atoms with van der Waals surface area (Å²) in [4.78, 5) is 12.5. The van der Waals surface area contributed by atoms with E-state index >= 15 is 0 Å². The van der Waals surface area contributed by atoms with Crippen molar-refractivity contribution in [1.29, 1.82) is 0 Å². The van der Waals surface area contributed by atoms with E-state index in [1.54, 1.807) is 13.2 Å². The summed E-state index contributed by atoms with van der Waals surface area (Å²) in [5.74, 6) is 0.924. The molecule has 0 fully saturated rings. The summed E-state index contributed by atoms with van der Waals surface area (Å²) in [6.07, 6.45) is 4.17. The zero-order chi connectivity index (χ0) is 17.0. The Hall–Kier alpha value is -2.29. The predicted molar refractivity (Wildman–Crippen MR) is 91.6 cm³/mol. The molecule has 3 nitrogen and oxygen atoms in total. The molecule has 0 aliphatic heterocycles. The zero-order valence-corrected chi connectivity index (χ0v) is 14.1. The van der Waals surface area contributed by atoms with E-state index in [1.165, 1.54) is 0 Å². The van der Waals surface area contributed by atoms with Crippen LogP contribution in [-0.4, -0.2) is 18.0 Å². The molecule has 3 heteroatoms. The molecule has 0 aromatic heterocycles. The standard InChI is InChI=1S/C20H22O3/c1-6-19(3)16(21)9-10-20(4)15-11-13(23-5)7-8-14(15)12(2)17(22)18(19)20/h7-11,22H,2,6H2,1,3-5H3. The number of methoxy groups -OCH3 is 1. The quantitative estimate of drug-likeness (QED) is 0.883. The smallest absolute Gasteiger partial charge is 0.165 e. The fourth-order valence-electron chi connectivity index (χ4n) is 3.91. The van der Waals surface area contributed by atoms with Crippen molar-refractivity contribution in [3.63, 3.8) is 0 Å². The molecule has 2 unspecified atom stereocenters. The van der Waals surface area contributed by atoms with Gasteiger partial charge in [0.15, 0.2) is 5.78 Å². The van der Waals surface area contributed by atoms with Gasteiger partial charge in [0.05, 0.1) is 12.5 Å². The normalized spacial score (nSPS) is 29.4. The van der Waals surface area contributed by atoms with Crippen molar-refractivity contribution in [2.45, 2.75) is 32.6 Å². The van der Waals surface area contributed by atoms with E-state index in [1.807, 2.05) is 45.0 Å². The fraction of sp³-hybridized carbons (Fsp3) is 0.350. The number of hydrogen-bond donors (Lipinski definition) is 1. The molecule has 0 saturated carbocycles. The van der Waals surface area contributed by atoms with E-state index in [0.717, 1.165) is 22.4 Å². The maximum atomic E-state index is 12.5. The SMILES string of the molecule is C=C1C(O)=C2C(C)(CC)C(=O)C=CC2(C)c2cc(OC)ccc21. The summed E-state index contributed by atoms with van der Waals surface area (Å²) in [6, 6.07) is 5.76. The van der Waals surface area contributed by atoms with Crippen molar-refractivity contribution >= 4 is 11.4 Å². The van der Waals surface area contributed by atoms with Crippen molar-refractivity contribution in [1.82, 2.24) is 0 Å². The maximum absolute atomic E-state index is 12.5. The highest BCUT2D eigenvalue weighted by atomic mass is 16.5. The van der Waals surface area contributed by atoms with Gasteiger partial charge in [-0.3, -0.25) is 4.79 Å². The van der Waals surface area contributed by atoms with E-state index in [2.05, 4.69) is 6.58 Å². The van der Waals surface area contributed by atoms with Crippen LogP contribution >= 0.6 is 0 Å². The molecule has 0 radical (unpaired) electrons. The van der Waals surface area contributed by atoms with Crippen LogP contribution in [0.1, 0.15) is 38.3 Å². The third-order valence-corrected chi connectivity index (χ3v) is 5.52. The van der Waals surface area contributed by atoms with Gasteiger partial charge < -0.3 is 9.84 Å². The molecule has 120 valence electrons. The Kier molecular flexibility index (Phi) is 3.29. The number of ether oxygens (including phenoxy) is 1. The number of aliphatic hydroxyl groups excluding tert-OH is 1. The molecule has 0 heterocycles. The molecule has 1 N–H and O–H groups in total.